The average Bonchev–Trinajstić information content (AvgIpc) is 2.75. The van der Waals surface area contributed by atoms with E-state index >= 15 is 0 Å². The summed E-state index contributed by atoms with van der Waals surface area (Å²) in [4.78, 5) is 16.0. The van der Waals surface area contributed by atoms with Gasteiger partial charge in [-0.05, 0) is 11.6 Å². The molecule has 1 heterocycles. The Kier molecular flexibility index (Phi) is 4.39. The predicted octanol–water partition coefficient (Wildman–Crippen LogP) is 3.17. The molecule has 24 heavy (non-hydrogen) atoms. The van der Waals surface area contributed by atoms with Crippen molar-refractivity contribution in [1.82, 2.24) is 4.98 Å². The Morgan fingerprint density at radius 3 is 2.46 bits per heavy atom. The topological polar surface area (TPSA) is 86.0 Å². The first kappa shape index (κ1) is 15.5. The molecule has 5 nitrogen and oxygen atoms in total. The van der Waals surface area contributed by atoms with Gasteiger partial charge in [0.15, 0.2) is 0 Å². The Hall–Kier alpha value is -3.39. The molecule has 118 valence electrons. The fourth-order valence-electron chi connectivity index (χ4n) is 2.58. The number of benzene rings is 1. The standard InChI is InChI=1S/C19H15N3O2/c20-12-15-14-9-5-2-6-10-16(14)21-18(15)22-17(19(23)24)11-13-7-3-1-4-8-13/h1-10,17H,11H2,(H,21,22)(H,23,24). The van der Waals surface area contributed by atoms with E-state index in [1.165, 1.54) is 0 Å². The van der Waals surface area contributed by atoms with E-state index < -0.39 is 12.0 Å². The number of anilines is 1. The molecule has 0 saturated carbocycles. The first-order chi connectivity index (χ1) is 11.7. The molecule has 2 aliphatic rings. The summed E-state index contributed by atoms with van der Waals surface area (Å²) in [7, 11) is 0. The maximum Gasteiger partial charge on any atom is 0.326 e. The number of hydrogen-bond acceptors (Lipinski definition) is 4. The third-order valence-corrected chi connectivity index (χ3v) is 3.76. The van der Waals surface area contributed by atoms with Crippen molar-refractivity contribution in [3.63, 3.8) is 0 Å². The fourth-order valence-corrected chi connectivity index (χ4v) is 2.58. The molecule has 2 N–H and O–H groups in total. The van der Waals surface area contributed by atoms with Gasteiger partial charge in [-0.2, -0.15) is 5.26 Å². The van der Waals surface area contributed by atoms with E-state index in [-0.39, 0.29) is 0 Å². The van der Waals surface area contributed by atoms with E-state index in [4.69, 9.17) is 0 Å². The molecule has 0 radical (unpaired) electrons. The SMILES string of the molecule is N#Cc1c2cccccc-2nc1NC(Cc1ccccc1)C(=O)O. The highest BCUT2D eigenvalue weighted by Crippen LogP contribution is 2.30. The molecule has 1 aromatic rings. The number of nitrogens with one attached hydrogen (secondary N) is 1. The van der Waals surface area contributed by atoms with Crippen LogP contribution in [-0.2, 0) is 11.2 Å². The summed E-state index contributed by atoms with van der Waals surface area (Å²) in [6, 6.07) is 19.7. The number of carboxylic acids is 1. The summed E-state index contributed by atoms with van der Waals surface area (Å²) >= 11 is 0. The van der Waals surface area contributed by atoms with Crippen molar-refractivity contribution < 1.29 is 9.90 Å². The van der Waals surface area contributed by atoms with Gasteiger partial charge in [-0.25, -0.2) is 9.78 Å². The number of fused-ring (bicyclic) bond motifs is 1. The Morgan fingerprint density at radius 2 is 1.79 bits per heavy atom. The quantitative estimate of drug-likeness (QED) is 0.755. The van der Waals surface area contributed by atoms with Crippen molar-refractivity contribution in [2.45, 2.75) is 12.5 Å². The largest absolute Gasteiger partial charge is 0.480 e. The van der Waals surface area contributed by atoms with Gasteiger partial charge in [0, 0.05) is 12.0 Å². The number of hydrogen-bond donors (Lipinski definition) is 2. The van der Waals surface area contributed by atoms with Crippen LogP contribution in [0, 0.1) is 11.3 Å². The van der Waals surface area contributed by atoms with Gasteiger partial charge in [0.25, 0.3) is 0 Å². The van der Waals surface area contributed by atoms with E-state index in [0.29, 0.717) is 29.1 Å². The molecule has 1 atom stereocenters. The predicted molar refractivity (Wildman–Crippen MR) is 90.8 cm³/mol. The van der Waals surface area contributed by atoms with E-state index in [2.05, 4.69) is 16.4 Å². The zero-order chi connectivity index (χ0) is 16.9. The minimum absolute atomic E-state index is 0.304. The number of nitrogens with zero attached hydrogens (tertiary/aromatic N) is 2. The monoisotopic (exact) mass is 317 g/mol. The van der Waals surface area contributed by atoms with Crippen LogP contribution in [0.2, 0.25) is 0 Å². The van der Waals surface area contributed by atoms with Crippen molar-refractivity contribution in [3.8, 4) is 17.3 Å². The minimum atomic E-state index is -0.986. The summed E-state index contributed by atoms with van der Waals surface area (Å²) in [5.41, 5.74) is 2.62. The fraction of sp³-hybridized carbons (Fsp3) is 0.105. The lowest BCUT2D eigenvalue weighted by Gasteiger charge is -2.14. The summed E-state index contributed by atoms with van der Waals surface area (Å²) in [6.07, 6.45) is 0.304. The van der Waals surface area contributed by atoms with Crippen molar-refractivity contribution >= 4 is 11.8 Å². The molecule has 1 aliphatic carbocycles. The maximum absolute atomic E-state index is 11.6. The second kappa shape index (κ2) is 6.80. The highest BCUT2D eigenvalue weighted by Gasteiger charge is 2.23. The summed E-state index contributed by atoms with van der Waals surface area (Å²) in [5.74, 6) is -0.678. The van der Waals surface area contributed by atoms with E-state index in [1.54, 1.807) is 12.1 Å². The molecule has 0 saturated heterocycles. The highest BCUT2D eigenvalue weighted by atomic mass is 16.4. The first-order valence-electron chi connectivity index (χ1n) is 7.51. The van der Waals surface area contributed by atoms with Gasteiger partial charge in [0.2, 0.25) is 0 Å². The van der Waals surface area contributed by atoms with Crippen molar-refractivity contribution in [2.24, 2.45) is 0 Å². The van der Waals surface area contributed by atoms with Crippen LogP contribution in [0.15, 0.2) is 60.7 Å². The van der Waals surface area contributed by atoms with E-state index in [0.717, 1.165) is 5.56 Å². The van der Waals surface area contributed by atoms with Crippen LogP contribution in [0.3, 0.4) is 0 Å². The van der Waals surface area contributed by atoms with Gasteiger partial charge in [-0.3, -0.25) is 0 Å². The Labute approximate surface area is 139 Å². The molecule has 0 fully saturated rings. The van der Waals surface area contributed by atoms with Crippen LogP contribution in [-0.4, -0.2) is 22.1 Å². The third-order valence-electron chi connectivity index (χ3n) is 3.76. The van der Waals surface area contributed by atoms with E-state index in [1.807, 2.05) is 48.5 Å². The molecule has 0 bridgehead atoms. The molecular formula is C19H15N3O2. The van der Waals surface area contributed by atoms with Crippen molar-refractivity contribution in [1.29, 1.82) is 5.26 Å². The maximum atomic E-state index is 11.6. The lowest BCUT2D eigenvalue weighted by Crippen LogP contribution is -2.31. The number of nitriles is 1. The number of carbonyl (C=O) groups is 1. The van der Waals surface area contributed by atoms with Gasteiger partial charge in [0.05, 0.1) is 5.69 Å². The molecule has 1 unspecified atom stereocenters. The first-order valence-corrected chi connectivity index (χ1v) is 7.51. The molecule has 5 heteroatoms. The van der Waals surface area contributed by atoms with Crippen LogP contribution in [0.25, 0.3) is 11.3 Å². The molecule has 0 aromatic heterocycles. The normalized spacial score (nSPS) is 11.6. The van der Waals surface area contributed by atoms with E-state index in [9.17, 15) is 15.2 Å². The second-order valence-corrected chi connectivity index (χ2v) is 5.38. The van der Waals surface area contributed by atoms with Gasteiger partial charge in [-0.1, -0.05) is 54.6 Å². The summed E-state index contributed by atoms with van der Waals surface area (Å²) < 4.78 is 0. The summed E-state index contributed by atoms with van der Waals surface area (Å²) in [5, 5.41) is 21.9. The highest BCUT2D eigenvalue weighted by molar-refractivity contribution is 5.82. The zero-order valence-corrected chi connectivity index (χ0v) is 12.8. The van der Waals surface area contributed by atoms with Crippen LogP contribution < -0.4 is 5.32 Å². The lowest BCUT2D eigenvalue weighted by atomic mass is 10.1. The minimum Gasteiger partial charge on any atom is -0.480 e. The third kappa shape index (κ3) is 3.18. The lowest BCUT2D eigenvalue weighted by molar-refractivity contribution is -0.137. The smallest absolute Gasteiger partial charge is 0.326 e. The number of rotatable bonds is 5. The second-order valence-electron chi connectivity index (χ2n) is 5.38. The number of carboxylic acid groups (broad SMARTS) is 1. The number of aromatic nitrogens is 1. The Balaban J connectivity index is 1.93. The molecular weight excluding hydrogens is 302 g/mol. The van der Waals surface area contributed by atoms with Crippen LogP contribution in [0.4, 0.5) is 5.82 Å². The molecule has 0 amide bonds. The number of aliphatic carboxylic acids is 1. The van der Waals surface area contributed by atoms with Crippen molar-refractivity contribution in [3.05, 3.63) is 71.8 Å². The summed E-state index contributed by atoms with van der Waals surface area (Å²) in [6.45, 7) is 0. The molecule has 1 aromatic carbocycles. The van der Waals surface area contributed by atoms with Gasteiger partial charge in [-0.15, -0.1) is 0 Å². The van der Waals surface area contributed by atoms with Crippen LogP contribution >= 0.6 is 0 Å². The zero-order valence-electron chi connectivity index (χ0n) is 12.8. The van der Waals surface area contributed by atoms with Crippen molar-refractivity contribution in [2.75, 3.05) is 5.32 Å². The molecule has 0 spiro atoms. The van der Waals surface area contributed by atoms with Gasteiger partial charge in [0.1, 0.15) is 23.5 Å². The molecule has 3 rings (SSSR count). The molecule has 1 aliphatic heterocycles. The Bertz CT molecular complexity index is 871. The van der Waals surface area contributed by atoms with Crippen LogP contribution in [0.5, 0.6) is 0 Å². The van der Waals surface area contributed by atoms with Gasteiger partial charge >= 0.3 is 5.97 Å². The Morgan fingerprint density at radius 1 is 1.12 bits per heavy atom. The van der Waals surface area contributed by atoms with Gasteiger partial charge < -0.3 is 10.4 Å². The van der Waals surface area contributed by atoms with Crippen LogP contribution in [0.1, 0.15) is 11.1 Å². The average molecular weight is 317 g/mol.